The Labute approximate surface area is 107 Å². The minimum absolute atomic E-state index is 0.116. The predicted molar refractivity (Wildman–Crippen MR) is 68.7 cm³/mol. The van der Waals surface area contributed by atoms with Crippen molar-refractivity contribution in [3.63, 3.8) is 0 Å². The van der Waals surface area contributed by atoms with Crippen LogP contribution >= 0.6 is 11.6 Å². The van der Waals surface area contributed by atoms with Crippen LogP contribution in [0, 0.1) is 6.92 Å². The van der Waals surface area contributed by atoms with Gasteiger partial charge in [-0.3, -0.25) is 4.79 Å². The molecule has 2 nitrogen and oxygen atoms in total. The quantitative estimate of drug-likeness (QED) is 0.762. The number of rotatable bonds is 4. The van der Waals surface area contributed by atoms with Crippen molar-refractivity contribution in [1.29, 1.82) is 0 Å². The van der Waals surface area contributed by atoms with Crippen LogP contribution in [-0.2, 0) is 4.74 Å². The van der Waals surface area contributed by atoms with Crippen LogP contribution in [0.5, 0.6) is 0 Å². The molecule has 2 rings (SSSR count). The number of ether oxygens (including phenoxy) is 1. The summed E-state index contributed by atoms with van der Waals surface area (Å²) < 4.78 is 5.50. The number of carbonyl (C=O) groups is 1. The van der Waals surface area contributed by atoms with Gasteiger partial charge >= 0.3 is 0 Å². The molecule has 0 N–H and O–H groups in total. The molecule has 0 bridgehead atoms. The molecule has 0 amide bonds. The predicted octanol–water partition coefficient (Wildman–Crippen LogP) is 3.79. The molecule has 0 saturated carbocycles. The fraction of sp³-hybridized carbons (Fsp3) is 0.500. The molecule has 0 aromatic heterocycles. The first-order valence-corrected chi connectivity index (χ1v) is 6.45. The fourth-order valence-corrected chi connectivity index (χ4v) is 2.49. The topological polar surface area (TPSA) is 26.3 Å². The van der Waals surface area contributed by atoms with Gasteiger partial charge in [-0.15, -0.1) is 0 Å². The number of hydrogen-bond donors (Lipinski definition) is 0. The molecule has 92 valence electrons. The summed E-state index contributed by atoms with van der Waals surface area (Å²) in [5.41, 5.74) is 1.71. The molecule has 3 heteroatoms. The first kappa shape index (κ1) is 12.6. The van der Waals surface area contributed by atoms with Crippen molar-refractivity contribution >= 4 is 17.4 Å². The summed E-state index contributed by atoms with van der Waals surface area (Å²) in [6, 6.07) is 5.57. The summed E-state index contributed by atoms with van der Waals surface area (Å²) in [5, 5.41) is 0.558. The van der Waals surface area contributed by atoms with Gasteiger partial charge < -0.3 is 4.74 Å². The lowest BCUT2D eigenvalue weighted by molar-refractivity contribution is 0.0859. The molecule has 1 atom stereocenters. The van der Waals surface area contributed by atoms with E-state index in [2.05, 4.69) is 0 Å². The third-order valence-electron chi connectivity index (χ3n) is 3.14. The van der Waals surface area contributed by atoms with Crippen LogP contribution in [-0.4, -0.2) is 18.5 Å². The van der Waals surface area contributed by atoms with Crippen LogP contribution in [0.25, 0.3) is 0 Å². The molecule has 1 aliphatic heterocycles. The highest BCUT2D eigenvalue weighted by Crippen LogP contribution is 2.22. The molecular formula is C14H17ClO2. The standard InChI is InChI=1S/C14H17ClO2/c1-10-4-6-12(13(15)9-10)14(16)7-5-11-3-2-8-17-11/h4,6,9,11H,2-3,5,7-8H2,1H3. The fourth-order valence-electron chi connectivity index (χ4n) is 2.15. The molecule has 1 aliphatic rings. The summed E-state index contributed by atoms with van der Waals surface area (Å²) in [4.78, 5) is 12.0. The maximum absolute atomic E-state index is 12.0. The Hall–Kier alpha value is -0.860. The van der Waals surface area contributed by atoms with E-state index in [1.165, 1.54) is 0 Å². The lowest BCUT2D eigenvalue weighted by Crippen LogP contribution is -2.09. The van der Waals surface area contributed by atoms with Crippen molar-refractivity contribution in [2.24, 2.45) is 0 Å². The normalized spacial score (nSPS) is 19.5. The molecule has 0 aliphatic carbocycles. The Bertz CT molecular complexity index is 409. The van der Waals surface area contributed by atoms with E-state index in [-0.39, 0.29) is 11.9 Å². The summed E-state index contributed by atoms with van der Waals surface area (Å²) in [7, 11) is 0. The van der Waals surface area contributed by atoms with Gasteiger partial charge in [0.1, 0.15) is 0 Å². The van der Waals surface area contributed by atoms with Crippen molar-refractivity contribution in [2.45, 2.75) is 38.7 Å². The van der Waals surface area contributed by atoms with Crippen molar-refractivity contribution in [1.82, 2.24) is 0 Å². The average Bonchev–Trinajstić information content (AvgIpc) is 2.78. The number of carbonyl (C=O) groups excluding carboxylic acids is 1. The van der Waals surface area contributed by atoms with Crippen molar-refractivity contribution in [3.05, 3.63) is 34.3 Å². The van der Waals surface area contributed by atoms with E-state index in [9.17, 15) is 4.79 Å². The Morgan fingerprint density at radius 3 is 3.00 bits per heavy atom. The zero-order valence-corrected chi connectivity index (χ0v) is 10.8. The molecule has 0 spiro atoms. The number of aryl methyl sites for hydroxylation is 1. The Balaban J connectivity index is 1.94. The van der Waals surface area contributed by atoms with Gasteiger partial charge in [-0.2, -0.15) is 0 Å². The van der Waals surface area contributed by atoms with Gasteiger partial charge in [-0.25, -0.2) is 0 Å². The van der Waals surface area contributed by atoms with Crippen LogP contribution < -0.4 is 0 Å². The Morgan fingerprint density at radius 1 is 1.53 bits per heavy atom. The summed E-state index contributed by atoms with van der Waals surface area (Å²) >= 11 is 6.07. The zero-order valence-electron chi connectivity index (χ0n) is 10.0. The highest BCUT2D eigenvalue weighted by atomic mass is 35.5. The SMILES string of the molecule is Cc1ccc(C(=O)CCC2CCCO2)c(Cl)c1. The van der Waals surface area contributed by atoms with E-state index >= 15 is 0 Å². The number of halogens is 1. The van der Waals surface area contributed by atoms with Crippen molar-refractivity contribution in [3.8, 4) is 0 Å². The van der Waals surface area contributed by atoms with Gasteiger partial charge in [0.15, 0.2) is 5.78 Å². The van der Waals surface area contributed by atoms with Crippen LogP contribution in [0.4, 0.5) is 0 Å². The van der Waals surface area contributed by atoms with Gasteiger partial charge in [0, 0.05) is 18.6 Å². The van der Waals surface area contributed by atoms with E-state index in [4.69, 9.17) is 16.3 Å². The van der Waals surface area contributed by atoms with Gasteiger partial charge in [-0.1, -0.05) is 17.7 Å². The van der Waals surface area contributed by atoms with E-state index in [1.807, 2.05) is 25.1 Å². The summed E-state index contributed by atoms with van der Waals surface area (Å²) in [6.45, 7) is 2.80. The average molecular weight is 253 g/mol. The van der Waals surface area contributed by atoms with E-state index in [0.29, 0.717) is 17.0 Å². The molecule has 1 saturated heterocycles. The number of ketones is 1. The first-order chi connectivity index (χ1) is 8.16. The molecular weight excluding hydrogens is 236 g/mol. The first-order valence-electron chi connectivity index (χ1n) is 6.08. The Kier molecular flexibility index (Phi) is 4.19. The highest BCUT2D eigenvalue weighted by Gasteiger charge is 2.18. The van der Waals surface area contributed by atoms with Crippen LogP contribution in [0.2, 0.25) is 5.02 Å². The van der Waals surface area contributed by atoms with Crippen LogP contribution in [0.3, 0.4) is 0 Å². The molecule has 1 aromatic carbocycles. The van der Waals surface area contributed by atoms with Crippen LogP contribution in [0.15, 0.2) is 18.2 Å². The van der Waals surface area contributed by atoms with E-state index < -0.39 is 0 Å². The molecule has 17 heavy (non-hydrogen) atoms. The summed E-state index contributed by atoms with van der Waals surface area (Å²) in [5.74, 6) is 0.116. The maximum atomic E-state index is 12.0. The Morgan fingerprint density at radius 2 is 2.35 bits per heavy atom. The number of hydrogen-bond acceptors (Lipinski definition) is 2. The molecule has 1 unspecified atom stereocenters. The molecule has 1 aromatic rings. The maximum Gasteiger partial charge on any atom is 0.164 e. The van der Waals surface area contributed by atoms with Crippen molar-refractivity contribution in [2.75, 3.05) is 6.61 Å². The lowest BCUT2D eigenvalue weighted by Gasteiger charge is -2.09. The molecule has 0 radical (unpaired) electrons. The second-order valence-electron chi connectivity index (χ2n) is 4.58. The third kappa shape index (κ3) is 3.30. The minimum atomic E-state index is 0.116. The third-order valence-corrected chi connectivity index (χ3v) is 3.46. The van der Waals surface area contributed by atoms with Crippen molar-refractivity contribution < 1.29 is 9.53 Å². The largest absolute Gasteiger partial charge is 0.378 e. The lowest BCUT2D eigenvalue weighted by atomic mass is 10.0. The number of benzene rings is 1. The zero-order chi connectivity index (χ0) is 12.3. The second kappa shape index (κ2) is 5.65. The number of Topliss-reactive ketones (excluding diaryl/α,β-unsaturated/α-hetero) is 1. The molecule has 1 fully saturated rings. The van der Waals surface area contributed by atoms with E-state index in [1.54, 1.807) is 0 Å². The van der Waals surface area contributed by atoms with E-state index in [0.717, 1.165) is 31.4 Å². The van der Waals surface area contributed by atoms with Gasteiger partial charge in [0.05, 0.1) is 11.1 Å². The second-order valence-corrected chi connectivity index (χ2v) is 4.99. The van der Waals surface area contributed by atoms with Gasteiger partial charge in [-0.05, 0) is 43.9 Å². The molecule has 1 heterocycles. The minimum Gasteiger partial charge on any atom is -0.378 e. The van der Waals surface area contributed by atoms with Crippen LogP contribution in [0.1, 0.15) is 41.6 Å². The van der Waals surface area contributed by atoms with Gasteiger partial charge in [0.2, 0.25) is 0 Å². The summed E-state index contributed by atoms with van der Waals surface area (Å²) in [6.07, 6.45) is 3.79. The van der Waals surface area contributed by atoms with Gasteiger partial charge in [0.25, 0.3) is 0 Å². The highest BCUT2D eigenvalue weighted by molar-refractivity contribution is 6.34. The monoisotopic (exact) mass is 252 g/mol. The smallest absolute Gasteiger partial charge is 0.164 e.